The van der Waals surface area contributed by atoms with Crippen molar-refractivity contribution in [2.24, 2.45) is 0 Å². The number of methoxy groups -OCH3 is 1. The van der Waals surface area contributed by atoms with E-state index in [-0.39, 0.29) is 11.5 Å². The van der Waals surface area contributed by atoms with E-state index in [0.29, 0.717) is 12.5 Å². The highest BCUT2D eigenvalue weighted by molar-refractivity contribution is 5.58. The molecule has 1 fully saturated rings. The molecule has 5 heteroatoms. The first-order valence-corrected chi connectivity index (χ1v) is 9.14. The van der Waals surface area contributed by atoms with E-state index in [1.807, 2.05) is 12.3 Å². The van der Waals surface area contributed by atoms with E-state index in [9.17, 15) is 0 Å². The molecule has 5 nitrogen and oxygen atoms in total. The van der Waals surface area contributed by atoms with Crippen LogP contribution in [0.1, 0.15) is 64.1 Å². The molecule has 0 aromatic carbocycles. The highest BCUT2D eigenvalue weighted by Gasteiger charge is 2.29. The fourth-order valence-electron chi connectivity index (χ4n) is 2.83. The van der Waals surface area contributed by atoms with E-state index in [1.54, 1.807) is 7.11 Å². The molecular weight excluding hydrogens is 314 g/mol. The Bertz CT molecular complexity index is 714. The van der Waals surface area contributed by atoms with Gasteiger partial charge in [0.2, 0.25) is 0 Å². The predicted octanol–water partition coefficient (Wildman–Crippen LogP) is 4.45. The largest absolute Gasteiger partial charge is 0.488 e. The number of hydrogen-bond acceptors (Lipinski definition) is 4. The lowest BCUT2D eigenvalue weighted by Gasteiger charge is -2.19. The quantitative estimate of drug-likeness (QED) is 0.807. The summed E-state index contributed by atoms with van der Waals surface area (Å²) in [6, 6.07) is 4.12. The van der Waals surface area contributed by atoms with Crippen LogP contribution in [0.25, 0.3) is 11.4 Å². The first kappa shape index (κ1) is 17.9. The van der Waals surface area contributed by atoms with Gasteiger partial charge in [0.1, 0.15) is 17.5 Å². The summed E-state index contributed by atoms with van der Waals surface area (Å²) in [5.74, 6) is 1.51. The van der Waals surface area contributed by atoms with Crippen LogP contribution < -0.4 is 4.74 Å². The van der Waals surface area contributed by atoms with Gasteiger partial charge in [-0.2, -0.15) is 5.10 Å². The van der Waals surface area contributed by atoms with Crippen molar-refractivity contribution >= 4 is 0 Å². The minimum absolute atomic E-state index is 0.0320. The molecule has 1 N–H and O–H groups in total. The van der Waals surface area contributed by atoms with Crippen molar-refractivity contribution in [3.05, 3.63) is 29.6 Å². The summed E-state index contributed by atoms with van der Waals surface area (Å²) >= 11 is 0. The molecule has 1 atom stereocenters. The first-order valence-electron chi connectivity index (χ1n) is 9.14. The maximum atomic E-state index is 6.27. The molecule has 2 aromatic rings. The van der Waals surface area contributed by atoms with Gasteiger partial charge in [0.15, 0.2) is 0 Å². The van der Waals surface area contributed by atoms with Crippen LogP contribution in [-0.4, -0.2) is 35.0 Å². The van der Waals surface area contributed by atoms with Gasteiger partial charge in [0.25, 0.3) is 0 Å². The van der Waals surface area contributed by atoms with Crippen LogP contribution >= 0.6 is 0 Å². The van der Waals surface area contributed by atoms with Gasteiger partial charge in [-0.1, -0.05) is 27.7 Å². The summed E-state index contributed by atoms with van der Waals surface area (Å²) in [5.41, 5.74) is 4.05. The Hall–Kier alpha value is -1.88. The van der Waals surface area contributed by atoms with Gasteiger partial charge in [0.05, 0.1) is 12.3 Å². The van der Waals surface area contributed by atoms with Crippen LogP contribution in [0.2, 0.25) is 0 Å². The Morgan fingerprint density at radius 3 is 2.56 bits per heavy atom. The maximum absolute atomic E-state index is 6.27. The highest BCUT2D eigenvalue weighted by Crippen LogP contribution is 2.45. The Labute approximate surface area is 150 Å². The van der Waals surface area contributed by atoms with Gasteiger partial charge < -0.3 is 9.47 Å². The van der Waals surface area contributed by atoms with E-state index in [4.69, 9.17) is 9.47 Å². The zero-order valence-electron chi connectivity index (χ0n) is 15.9. The van der Waals surface area contributed by atoms with Crippen LogP contribution in [0, 0.1) is 0 Å². The molecule has 0 radical (unpaired) electrons. The van der Waals surface area contributed by atoms with Crippen molar-refractivity contribution < 1.29 is 9.47 Å². The molecule has 2 aromatic heterocycles. The SMILES string of the molecule is CCC(COC)Oc1cc(-c2cc(C(C)(C)C)[nH]n2)ncc1C1CC1. The highest BCUT2D eigenvalue weighted by atomic mass is 16.5. The number of hydrogen-bond donors (Lipinski definition) is 1. The Morgan fingerprint density at radius 2 is 2.00 bits per heavy atom. The standard InChI is InChI=1S/C20H29N3O2/c1-6-14(12-24-5)25-18-9-16(21-11-15(18)13-7-8-13)17-10-19(23-22-17)20(2,3)4/h9-11,13-14H,6-8,12H2,1-5H3,(H,22,23). The topological polar surface area (TPSA) is 60.0 Å². The van der Waals surface area contributed by atoms with Crippen molar-refractivity contribution in [1.29, 1.82) is 0 Å². The lowest BCUT2D eigenvalue weighted by atomic mass is 9.92. The molecule has 0 saturated heterocycles. The third-order valence-corrected chi connectivity index (χ3v) is 4.66. The fourth-order valence-corrected chi connectivity index (χ4v) is 2.83. The van der Waals surface area contributed by atoms with Crippen molar-refractivity contribution in [3.63, 3.8) is 0 Å². The van der Waals surface area contributed by atoms with E-state index in [2.05, 4.69) is 48.9 Å². The third kappa shape index (κ3) is 4.21. The zero-order chi connectivity index (χ0) is 18.0. The van der Waals surface area contributed by atoms with Crippen molar-refractivity contribution in [2.45, 2.75) is 64.4 Å². The molecule has 1 aliphatic carbocycles. The van der Waals surface area contributed by atoms with Crippen LogP contribution in [0.4, 0.5) is 0 Å². The number of nitrogens with one attached hydrogen (secondary N) is 1. The normalized spacial score (nSPS) is 16.0. The molecule has 1 aliphatic rings. The number of aromatic nitrogens is 3. The predicted molar refractivity (Wildman–Crippen MR) is 99.1 cm³/mol. The summed E-state index contributed by atoms with van der Waals surface area (Å²) in [6.45, 7) is 9.21. The molecule has 2 heterocycles. The summed E-state index contributed by atoms with van der Waals surface area (Å²) in [7, 11) is 1.71. The van der Waals surface area contributed by atoms with Crippen molar-refractivity contribution in [2.75, 3.05) is 13.7 Å². The molecule has 0 spiro atoms. The number of ether oxygens (including phenoxy) is 2. The van der Waals surface area contributed by atoms with Gasteiger partial charge >= 0.3 is 0 Å². The van der Waals surface area contributed by atoms with Gasteiger partial charge in [-0.25, -0.2) is 0 Å². The fraction of sp³-hybridized carbons (Fsp3) is 0.600. The average Bonchev–Trinajstić information content (AvgIpc) is 3.28. The monoisotopic (exact) mass is 343 g/mol. The summed E-state index contributed by atoms with van der Waals surface area (Å²) in [4.78, 5) is 4.65. The lowest BCUT2D eigenvalue weighted by molar-refractivity contribution is 0.0781. The molecule has 1 unspecified atom stereocenters. The lowest BCUT2D eigenvalue weighted by Crippen LogP contribution is -2.22. The number of rotatable bonds is 7. The second kappa shape index (κ2) is 7.16. The summed E-state index contributed by atoms with van der Waals surface area (Å²) in [5, 5.41) is 7.59. The number of pyridine rings is 1. The zero-order valence-corrected chi connectivity index (χ0v) is 15.9. The summed E-state index contributed by atoms with van der Waals surface area (Å²) < 4.78 is 11.6. The van der Waals surface area contributed by atoms with E-state index in [0.717, 1.165) is 29.3 Å². The Morgan fingerprint density at radius 1 is 1.24 bits per heavy atom. The molecule has 0 bridgehead atoms. The smallest absolute Gasteiger partial charge is 0.127 e. The van der Waals surface area contributed by atoms with E-state index in [1.165, 1.54) is 18.4 Å². The molecule has 25 heavy (non-hydrogen) atoms. The van der Waals surface area contributed by atoms with Crippen LogP contribution in [0.15, 0.2) is 18.3 Å². The number of nitrogens with zero attached hydrogens (tertiary/aromatic N) is 2. The second-order valence-electron chi connectivity index (χ2n) is 7.90. The molecule has 1 saturated carbocycles. The second-order valence-corrected chi connectivity index (χ2v) is 7.90. The van der Waals surface area contributed by atoms with Crippen LogP contribution in [0.3, 0.4) is 0 Å². The molecular formula is C20H29N3O2. The van der Waals surface area contributed by atoms with Gasteiger partial charge in [-0.15, -0.1) is 0 Å². The molecule has 0 aliphatic heterocycles. The van der Waals surface area contributed by atoms with E-state index >= 15 is 0 Å². The minimum Gasteiger partial charge on any atom is -0.488 e. The van der Waals surface area contributed by atoms with Gasteiger partial charge in [0, 0.05) is 36.0 Å². The Balaban J connectivity index is 1.91. The minimum atomic E-state index is 0.0320. The van der Waals surface area contributed by atoms with Crippen LogP contribution in [-0.2, 0) is 10.2 Å². The van der Waals surface area contributed by atoms with Crippen molar-refractivity contribution in [3.8, 4) is 17.1 Å². The van der Waals surface area contributed by atoms with Crippen molar-refractivity contribution in [1.82, 2.24) is 15.2 Å². The average molecular weight is 343 g/mol. The number of H-pyrrole nitrogens is 1. The third-order valence-electron chi connectivity index (χ3n) is 4.66. The number of aromatic amines is 1. The maximum Gasteiger partial charge on any atom is 0.127 e. The van der Waals surface area contributed by atoms with Gasteiger partial charge in [-0.3, -0.25) is 10.1 Å². The van der Waals surface area contributed by atoms with Gasteiger partial charge in [-0.05, 0) is 31.2 Å². The molecule has 3 rings (SSSR count). The van der Waals surface area contributed by atoms with Crippen LogP contribution in [0.5, 0.6) is 5.75 Å². The first-order chi connectivity index (χ1) is 11.9. The molecule has 0 amide bonds. The molecule has 136 valence electrons. The van der Waals surface area contributed by atoms with E-state index < -0.39 is 0 Å². The Kier molecular flexibility index (Phi) is 5.13. The summed E-state index contributed by atoms with van der Waals surface area (Å²) in [6.07, 6.45) is 5.37.